The number of hydrogen-bond donors (Lipinski definition) is 1. The molecule has 1 amide bonds. The van der Waals surface area contributed by atoms with Crippen LogP contribution in [0.2, 0.25) is 0 Å². The SMILES string of the molecule is CC(C)c1ccc(NC(=O)C(F)(F)F)c(C(C)C)c1. The van der Waals surface area contributed by atoms with Gasteiger partial charge >= 0.3 is 12.1 Å². The lowest BCUT2D eigenvalue weighted by Crippen LogP contribution is -2.30. The van der Waals surface area contributed by atoms with Gasteiger partial charge in [-0.25, -0.2) is 0 Å². The number of amides is 1. The van der Waals surface area contributed by atoms with E-state index in [4.69, 9.17) is 0 Å². The number of anilines is 1. The molecule has 0 aromatic heterocycles. The van der Waals surface area contributed by atoms with Crippen molar-refractivity contribution in [1.82, 2.24) is 0 Å². The number of carbonyl (C=O) groups is 1. The summed E-state index contributed by atoms with van der Waals surface area (Å²) in [5, 5.41) is 1.93. The van der Waals surface area contributed by atoms with Crippen molar-refractivity contribution in [3.8, 4) is 0 Å². The van der Waals surface area contributed by atoms with E-state index < -0.39 is 12.1 Å². The van der Waals surface area contributed by atoms with E-state index in [-0.39, 0.29) is 17.5 Å². The van der Waals surface area contributed by atoms with Crippen LogP contribution in [0.3, 0.4) is 0 Å². The topological polar surface area (TPSA) is 29.1 Å². The van der Waals surface area contributed by atoms with E-state index in [2.05, 4.69) is 0 Å². The van der Waals surface area contributed by atoms with Crippen LogP contribution in [-0.4, -0.2) is 12.1 Å². The molecule has 106 valence electrons. The summed E-state index contributed by atoms with van der Waals surface area (Å²) in [6, 6.07) is 5.12. The quantitative estimate of drug-likeness (QED) is 0.867. The summed E-state index contributed by atoms with van der Waals surface area (Å²) in [6.07, 6.45) is -4.87. The summed E-state index contributed by atoms with van der Waals surface area (Å²) in [5.41, 5.74) is 1.97. The second-order valence-corrected chi connectivity index (χ2v) is 5.11. The standard InChI is InChI=1S/C14H18F3NO/c1-8(2)10-5-6-12(11(7-10)9(3)4)18-13(19)14(15,16)17/h5-9H,1-4H3,(H,18,19). The summed E-state index contributed by atoms with van der Waals surface area (Å²) >= 11 is 0. The fourth-order valence-corrected chi connectivity index (χ4v) is 1.73. The van der Waals surface area contributed by atoms with Crippen molar-refractivity contribution in [2.75, 3.05) is 5.32 Å². The highest BCUT2D eigenvalue weighted by Gasteiger charge is 2.39. The van der Waals surface area contributed by atoms with E-state index in [1.165, 1.54) is 6.07 Å². The van der Waals surface area contributed by atoms with Crippen LogP contribution >= 0.6 is 0 Å². The Kier molecular flexibility index (Phi) is 4.61. The zero-order valence-corrected chi connectivity index (χ0v) is 11.4. The van der Waals surface area contributed by atoms with Gasteiger partial charge in [0, 0.05) is 5.69 Å². The first-order valence-electron chi connectivity index (χ1n) is 6.15. The molecule has 1 N–H and O–H groups in total. The van der Waals surface area contributed by atoms with Crippen molar-refractivity contribution < 1.29 is 18.0 Å². The van der Waals surface area contributed by atoms with Crippen molar-refractivity contribution >= 4 is 11.6 Å². The molecule has 5 heteroatoms. The van der Waals surface area contributed by atoms with Gasteiger partial charge in [-0.15, -0.1) is 0 Å². The normalized spacial score (nSPS) is 12.1. The average Bonchev–Trinajstić information content (AvgIpc) is 2.27. The minimum Gasteiger partial charge on any atom is -0.318 e. The zero-order chi connectivity index (χ0) is 14.8. The molecule has 1 aromatic rings. The molecule has 0 saturated heterocycles. The number of rotatable bonds is 3. The molecule has 0 atom stereocenters. The maximum absolute atomic E-state index is 12.3. The monoisotopic (exact) mass is 273 g/mol. The minimum atomic E-state index is -4.87. The first kappa shape index (κ1) is 15.5. The number of nitrogens with one attached hydrogen (secondary N) is 1. The third-order valence-electron chi connectivity index (χ3n) is 2.87. The number of alkyl halides is 3. The van der Waals surface area contributed by atoms with E-state index in [1.807, 2.05) is 39.1 Å². The van der Waals surface area contributed by atoms with Crippen LogP contribution in [0.25, 0.3) is 0 Å². The molecule has 0 aliphatic rings. The van der Waals surface area contributed by atoms with Gasteiger partial charge in [-0.3, -0.25) is 4.79 Å². The third-order valence-corrected chi connectivity index (χ3v) is 2.87. The van der Waals surface area contributed by atoms with E-state index in [0.717, 1.165) is 5.56 Å². The highest BCUT2D eigenvalue weighted by atomic mass is 19.4. The molecule has 0 bridgehead atoms. The van der Waals surface area contributed by atoms with Crippen molar-refractivity contribution in [1.29, 1.82) is 0 Å². The Morgan fingerprint density at radius 2 is 1.68 bits per heavy atom. The van der Waals surface area contributed by atoms with Gasteiger partial charge in [-0.05, 0) is 29.0 Å². The predicted molar refractivity (Wildman–Crippen MR) is 69.3 cm³/mol. The van der Waals surface area contributed by atoms with Gasteiger partial charge in [-0.1, -0.05) is 39.8 Å². The summed E-state index contributed by atoms with van der Waals surface area (Å²) < 4.78 is 36.8. The fraction of sp³-hybridized carbons (Fsp3) is 0.500. The third kappa shape index (κ3) is 3.98. The highest BCUT2D eigenvalue weighted by Crippen LogP contribution is 2.29. The van der Waals surface area contributed by atoms with Gasteiger partial charge in [0.1, 0.15) is 0 Å². The lowest BCUT2D eigenvalue weighted by atomic mass is 9.94. The van der Waals surface area contributed by atoms with Gasteiger partial charge in [0.25, 0.3) is 0 Å². The van der Waals surface area contributed by atoms with Crippen molar-refractivity contribution in [3.63, 3.8) is 0 Å². The molecule has 2 nitrogen and oxygen atoms in total. The van der Waals surface area contributed by atoms with E-state index >= 15 is 0 Å². The molecule has 1 rings (SSSR count). The maximum Gasteiger partial charge on any atom is 0.471 e. The van der Waals surface area contributed by atoms with Crippen molar-refractivity contribution in [2.24, 2.45) is 0 Å². The predicted octanol–water partition coefficient (Wildman–Crippen LogP) is 4.43. The van der Waals surface area contributed by atoms with Crippen LogP contribution in [0.5, 0.6) is 0 Å². The Morgan fingerprint density at radius 3 is 2.11 bits per heavy atom. The van der Waals surface area contributed by atoms with Gasteiger partial charge in [0.15, 0.2) is 0 Å². The molecule has 0 heterocycles. The Morgan fingerprint density at radius 1 is 1.11 bits per heavy atom. The number of carbonyl (C=O) groups excluding carboxylic acids is 1. The van der Waals surface area contributed by atoms with Gasteiger partial charge < -0.3 is 5.32 Å². The lowest BCUT2D eigenvalue weighted by Gasteiger charge is -2.17. The molecule has 0 unspecified atom stereocenters. The molecule has 19 heavy (non-hydrogen) atoms. The lowest BCUT2D eigenvalue weighted by molar-refractivity contribution is -0.167. The van der Waals surface area contributed by atoms with Crippen LogP contribution in [0.4, 0.5) is 18.9 Å². The summed E-state index contributed by atoms with van der Waals surface area (Å²) in [7, 11) is 0. The second kappa shape index (κ2) is 5.63. The molecule has 0 fully saturated rings. The second-order valence-electron chi connectivity index (χ2n) is 5.11. The maximum atomic E-state index is 12.3. The summed E-state index contributed by atoms with van der Waals surface area (Å²) in [6.45, 7) is 7.77. The molecule has 1 aromatic carbocycles. The van der Waals surface area contributed by atoms with Crippen LogP contribution in [-0.2, 0) is 4.79 Å². The Hall–Kier alpha value is -1.52. The first-order chi connectivity index (χ1) is 8.62. The molecule has 0 aliphatic heterocycles. The van der Waals surface area contributed by atoms with E-state index in [1.54, 1.807) is 6.07 Å². The van der Waals surface area contributed by atoms with Crippen LogP contribution in [0.1, 0.15) is 50.7 Å². The largest absolute Gasteiger partial charge is 0.471 e. The van der Waals surface area contributed by atoms with Crippen LogP contribution in [0.15, 0.2) is 18.2 Å². The first-order valence-corrected chi connectivity index (χ1v) is 6.15. The van der Waals surface area contributed by atoms with Gasteiger partial charge in [0.05, 0.1) is 0 Å². The number of benzene rings is 1. The molecule has 0 radical (unpaired) electrons. The molecule has 0 spiro atoms. The summed E-state index contributed by atoms with van der Waals surface area (Å²) in [4.78, 5) is 11.0. The Balaban J connectivity index is 3.11. The van der Waals surface area contributed by atoms with E-state index in [0.29, 0.717) is 5.56 Å². The van der Waals surface area contributed by atoms with E-state index in [9.17, 15) is 18.0 Å². The van der Waals surface area contributed by atoms with Crippen LogP contribution in [0, 0.1) is 0 Å². The van der Waals surface area contributed by atoms with Gasteiger partial charge in [0.2, 0.25) is 0 Å². The fourth-order valence-electron chi connectivity index (χ4n) is 1.73. The molecule has 0 aliphatic carbocycles. The van der Waals surface area contributed by atoms with Crippen LogP contribution < -0.4 is 5.32 Å². The zero-order valence-electron chi connectivity index (χ0n) is 11.4. The van der Waals surface area contributed by atoms with Crippen molar-refractivity contribution in [2.45, 2.75) is 45.7 Å². The minimum absolute atomic E-state index is 0.0298. The summed E-state index contributed by atoms with van der Waals surface area (Å²) in [5.74, 6) is -1.63. The average molecular weight is 273 g/mol. The molecule has 0 saturated carbocycles. The number of halogens is 3. The van der Waals surface area contributed by atoms with Gasteiger partial charge in [-0.2, -0.15) is 13.2 Å². The Bertz CT molecular complexity index is 464. The highest BCUT2D eigenvalue weighted by molar-refractivity contribution is 5.95. The van der Waals surface area contributed by atoms with Crippen molar-refractivity contribution in [3.05, 3.63) is 29.3 Å². The smallest absolute Gasteiger partial charge is 0.318 e. The molecular weight excluding hydrogens is 255 g/mol. The Labute approximate surface area is 111 Å². The molecular formula is C14H18F3NO. The number of hydrogen-bond acceptors (Lipinski definition) is 1.